The Kier molecular flexibility index (Phi) is 6.27. The lowest BCUT2D eigenvalue weighted by atomic mass is 9.81. The summed E-state index contributed by atoms with van der Waals surface area (Å²) in [5.41, 5.74) is 0. The van der Waals surface area contributed by atoms with Crippen LogP contribution in [-0.2, 0) is 23.9 Å². The molecule has 26 heavy (non-hydrogen) atoms. The lowest BCUT2D eigenvalue weighted by molar-refractivity contribution is -0.155. The number of amides is 3. The van der Waals surface area contributed by atoms with Gasteiger partial charge in [0.1, 0.15) is 6.54 Å². The summed E-state index contributed by atoms with van der Waals surface area (Å²) >= 11 is 0. The van der Waals surface area contributed by atoms with E-state index in [-0.39, 0.29) is 48.8 Å². The van der Waals surface area contributed by atoms with Gasteiger partial charge >= 0.3 is 5.97 Å². The maximum atomic E-state index is 12.3. The van der Waals surface area contributed by atoms with Gasteiger partial charge in [-0.25, -0.2) is 0 Å². The second-order valence-electron chi connectivity index (χ2n) is 7.68. The fourth-order valence-corrected chi connectivity index (χ4v) is 4.40. The Labute approximate surface area is 153 Å². The van der Waals surface area contributed by atoms with Crippen LogP contribution in [0.1, 0.15) is 64.2 Å². The number of esters is 1. The number of fused-ring (bicyclic) bond motifs is 1. The molecule has 0 aromatic carbocycles. The summed E-state index contributed by atoms with van der Waals surface area (Å²) < 4.78 is 4.99. The molecule has 0 bridgehead atoms. The van der Waals surface area contributed by atoms with E-state index in [2.05, 4.69) is 5.32 Å². The second kappa shape index (κ2) is 8.64. The van der Waals surface area contributed by atoms with Crippen LogP contribution in [0.15, 0.2) is 0 Å². The summed E-state index contributed by atoms with van der Waals surface area (Å²) in [6.07, 6.45) is 9.83. The molecule has 2 saturated carbocycles. The molecule has 3 amide bonds. The van der Waals surface area contributed by atoms with Gasteiger partial charge in [0.05, 0.1) is 11.8 Å². The molecule has 7 heteroatoms. The fourth-order valence-electron chi connectivity index (χ4n) is 4.40. The van der Waals surface area contributed by atoms with Gasteiger partial charge in [-0.1, -0.05) is 38.5 Å². The molecule has 2 aliphatic carbocycles. The van der Waals surface area contributed by atoms with Crippen molar-refractivity contribution in [1.29, 1.82) is 0 Å². The van der Waals surface area contributed by atoms with Crippen molar-refractivity contribution in [2.45, 2.75) is 70.3 Å². The van der Waals surface area contributed by atoms with Crippen molar-refractivity contribution in [2.24, 2.45) is 11.8 Å². The van der Waals surface area contributed by atoms with E-state index in [0.29, 0.717) is 12.8 Å². The van der Waals surface area contributed by atoms with E-state index in [4.69, 9.17) is 4.74 Å². The van der Waals surface area contributed by atoms with Gasteiger partial charge in [-0.15, -0.1) is 0 Å². The molecular weight excluding hydrogens is 336 g/mol. The number of nitrogens with zero attached hydrogens (tertiary/aromatic N) is 1. The van der Waals surface area contributed by atoms with Crippen molar-refractivity contribution in [3.8, 4) is 0 Å². The molecular formula is C19H28N2O5. The van der Waals surface area contributed by atoms with Gasteiger partial charge in [0.25, 0.3) is 5.91 Å². The Morgan fingerprint density at radius 1 is 0.885 bits per heavy atom. The summed E-state index contributed by atoms with van der Waals surface area (Å²) in [6, 6.07) is 0.147. The zero-order valence-electron chi connectivity index (χ0n) is 15.2. The zero-order valence-corrected chi connectivity index (χ0v) is 15.2. The average molecular weight is 364 g/mol. The van der Waals surface area contributed by atoms with Crippen molar-refractivity contribution in [3.05, 3.63) is 0 Å². The number of carbonyl (C=O) groups is 4. The number of hydrogen-bond donors (Lipinski definition) is 1. The SMILES string of the molecule is O=C(COC(=O)CN1C(=O)C2CCCCC2C1=O)NC1CCCCCC1. The third-order valence-electron chi connectivity index (χ3n) is 5.80. The number of rotatable bonds is 5. The maximum Gasteiger partial charge on any atom is 0.326 e. The molecule has 144 valence electrons. The van der Waals surface area contributed by atoms with E-state index in [1.165, 1.54) is 12.8 Å². The van der Waals surface area contributed by atoms with E-state index in [1.807, 2.05) is 0 Å². The topological polar surface area (TPSA) is 92.8 Å². The van der Waals surface area contributed by atoms with Crippen molar-refractivity contribution < 1.29 is 23.9 Å². The maximum absolute atomic E-state index is 12.3. The summed E-state index contributed by atoms with van der Waals surface area (Å²) in [6.45, 7) is -0.750. The van der Waals surface area contributed by atoms with Gasteiger partial charge in [0.2, 0.25) is 11.8 Å². The Morgan fingerprint density at radius 2 is 1.42 bits per heavy atom. The summed E-state index contributed by atoms with van der Waals surface area (Å²) in [5.74, 6) is -2.11. The number of likely N-dealkylation sites (tertiary alicyclic amines) is 1. The van der Waals surface area contributed by atoms with Gasteiger partial charge in [-0.2, -0.15) is 0 Å². The van der Waals surface area contributed by atoms with Crippen molar-refractivity contribution in [1.82, 2.24) is 10.2 Å². The molecule has 3 aliphatic rings. The van der Waals surface area contributed by atoms with E-state index in [0.717, 1.165) is 43.4 Å². The van der Waals surface area contributed by atoms with Gasteiger partial charge < -0.3 is 10.1 Å². The highest BCUT2D eigenvalue weighted by Gasteiger charge is 2.48. The largest absolute Gasteiger partial charge is 0.454 e. The van der Waals surface area contributed by atoms with Crippen LogP contribution in [0.25, 0.3) is 0 Å². The number of imide groups is 1. The lowest BCUT2D eigenvalue weighted by Gasteiger charge is -2.19. The van der Waals surface area contributed by atoms with Gasteiger partial charge in [0.15, 0.2) is 6.61 Å². The van der Waals surface area contributed by atoms with E-state index in [9.17, 15) is 19.2 Å². The first-order valence-corrected chi connectivity index (χ1v) is 9.86. The third-order valence-corrected chi connectivity index (χ3v) is 5.80. The van der Waals surface area contributed by atoms with Crippen molar-refractivity contribution in [3.63, 3.8) is 0 Å². The highest BCUT2D eigenvalue weighted by atomic mass is 16.5. The molecule has 0 spiro atoms. The molecule has 7 nitrogen and oxygen atoms in total. The van der Waals surface area contributed by atoms with Crippen LogP contribution >= 0.6 is 0 Å². The molecule has 0 aromatic heterocycles. The number of carbonyl (C=O) groups excluding carboxylic acids is 4. The molecule has 0 aromatic rings. The quantitative estimate of drug-likeness (QED) is 0.454. The second-order valence-corrected chi connectivity index (χ2v) is 7.68. The molecule has 1 heterocycles. The first kappa shape index (κ1) is 18.9. The highest BCUT2D eigenvalue weighted by Crippen LogP contribution is 2.37. The molecule has 0 radical (unpaired) electrons. The van der Waals surface area contributed by atoms with Crippen LogP contribution in [0, 0.1) is 11.8 Å². The molecule has 2 atom stereocenters. The molecule has 3 fully saturated rings. The van der Waals surface area contributed by atoms with E-state index in [1.54, 1.807) is 0 Å². The molecule has 1 saturated heterocycles. The minimum Gasteiger partial charge on any atom is -0.454 e. The molecule has 3 rings (SSSR count). The first-order chi connectivity index (χ1) is 12.6. The minimum atomic E-state index is -0.707. The Balaban J connectivity index is 1.43. The Bertz CT molecular complexity index is 544. The monoisotopic (exact) mass is 364 g/mol. The van der Waals surface area contributed by atoms with Crippen LogP contribution in [-0.4, -0.2) is 47.8 Å². The highest BCUT2D eigenvalue weighted by molar-refractivity contribution is 6.07. The Hall–Kier alpha value is -1.92. The predicted molar refractivity (Wildman–Crippen MR) is 92.8 cm³/mol. The third kappa shape index (κ3) is 4.43. The first-order valence-electron chi connectivity index (χ1n) is 9.86. The van der Waals surface area contributed by atoms with Gasteiger partial charge in [-0.3, -0.25) is 24.1 Å². The minimum absolute atomic E-state index is 0.147. The van der Waals surface area contributed by atoms with Crippen LogP contribution < -0.4 is 5.32 Å². The van der Waals surface area contributed by atoms with Crippen LogP contribution in [0.2, 0.25) is 0 Å². The smallest absolute Gasteiger partial charge is 0.326 e. The van der Waals surface area contributed by atoms with Crippen LogP contribution in [0.5, 0.6) is 0 Å². The fraction of sp³-hybridized carbons (Fsp3) is 0.789. The van der Waals surface area contributed by atoms with Gasteiger partial charge in [0, 0.05) is 6.04 Å². The molecule has 1 N–H and O–H groups in total. The lowest BCUT2D eigenvalue weighted by Crippen LogP contribution is -2.40. The number of hydrogen-bond acceptors (Lipinski definition) is 5. The normalized spacial score (nSPS) is 27.0. The van der Waals surface area contributed by atoms with Crippen molar-refractivity contribution >= 4 is 23.7 Å². The summed E-state index contributed by atoms with van der Waals surface area (Å²) in [5, 5.41) is 2.90. The van der Waals surface area contributed by atoms with E-state index < -0.39 is 5.97 Å². The van der Waals surface area contributed by atoms with Crippen molar-refractivity contribution in [2.75, 3.05) is 13.2 Å². The van der Waals surface area contributed by atoms with Crippen LogP contribution in [0.3, 0.4) is 0 Å². The van der Waals surface area contributed by atoms with Crippen LogP contribution in [0.4, 0.5) is 0 Å². The number of nitrogens with one attached hydrogen (secondary N) is 1. The standard InChI is InChI=1S/C19H28N2O5/c22-16(20-13-7-3-1-2-4-8-13)12-26-17(23)11-21-18(24)14-9-5-6-10-15(14)19(21)25/h13-15H,1-12H2,(H,20,22). The van der Waals surface area contributed by atoms with E-state index >= 15 is 0 Å². The zero-order chi connectivity index (χ0) is 18.5. The molecule has 1 aliphatic heterocycles. The number of ether oxygens (including phenoxy) is 1. The Morgan fingerprint density at radius 3 is 2.00 bits per heavy atom. The summed E-state index contributed by atoms with van der Waals surface area (Å²) in [4.78, 5) is 49.7. The molecule has 2 unspecified atom stereocenters. The predicted octanol–water partition coefficient (Wildman–Crippen LogP) is 1.54. The van der Waals surface area contributed by atoms with Gasteiger partial charge in [-0.05, 0) is 25.7 Å². The summed E-state index contributed by atoms with van der Waals surface area (Å²) in [7, 11) is 0. The average Bonchev–Trinajstić information content (AvgIpc) is 2.82.